The molecular weight excluding hydrogens is 216 g/mol. The summed E-state index contributed by atoms with van der Waals surface area (Å²) in [6.45, 7) is 6.07. The Morgan fingerprint density at radius 1 is 1.35 bits per heavy atom. The Balaban J connectivity index is 2.59. The highest BCUT2D eigenvalue weighted by Crippen LogP contribution is 2.15. The predicted molar refractivity (Wildman–Crippen MR) is 65.7 cm³/mol. The third kappa shape index (κ3) is 5.03. The van der Waals surface area contributed by atoms with Crippen molar-refractivity contribution in [3.05, 3.63) is 24.2 Å². The number of rotatable bonds is 4. The lowest BCUT2D eigenvalue weighted by Crippen LogP contribution is -1.99. The number of allylic oxidation sites excluding steroid dienone is 2. The average molecular weight is 232 g/mol. The number of nitrogens with zero attached hydrogens (tertiary/aromatic N) is 2. The van der Waals surface area contributed by atoms with Crippen LogP contribution in [0.15, 0.2) is 24.2 Å². The Morgan fingerprint density at radius 3 is 2.82 bits per heavy atom. The zero-order valence-corrected chi connectivity index (χ0v) is 10.4. The zero-order chi connectivity index (χ0) is 12.5. The van der Waals surface area contributed by atoms with E-state index in [9.17, 15) is 0 Å². The third-order valence-corrected chi connectivity index (χ3v) is 1.88. The maximum Gasteiger partial charge on any atom is 0.225 e. The first-order valence-electron chi connectivity index (χ1n) is 5.47. The van der Waals surface area contributed by atoms with Crippen molar-refractivity contribution in [2.24, 2.45) is 0 Å². The molecule has 0 aliphatic heterocycles. The molecule has 1 heterocycles. The fourth-order valence-electron chi connectivity index (χ4n) is 0.968. The van der Waals surface area contributed by atoms with Gasteiger partial charge in [-0.1, -0.05) is 12.8 Å². The number of hydrogen-bond acceptors (Lipinski definition) is 4. The maximum absolute atomic E-state index is 5.43. The molecule has 0 fully saturated rings. The molecule has 0 spiro atoms. The van der Waals surface area contributed by atoms with Gasteiger partial charge >= 0.3 is 0 Å². The fraction of sp³-hybridized carbons (Fsp3) is 0.385. The molecule has 0 atom stereocenters. The van der Waals surface area contributed by atoms with Crippen LogP contribution in [0.3, 0.4) is 0 Å². The van der Waals surface area contributed by atoms with Crippen LogP contribution in [0.2, 0.25) is 0 Å². The van der Waals surface area contributed by atoms with Crippen LogP contribution in [-0.4, -0.2) is 16.6 Å². The molecule has 0 bridgehead atoms. The van der Waals surface area contributed by atoms with Gasteiger partial charge in [0.2, 0.25) is 11.8 Å². The molecule has 0 N–H and O–H groups in total. The minimum atomic E-state index is 0.326. The predicted octanol–water partition coefficient (Wildman–Crippen LogP) is 2.57. The summed E-state index contributed by atoms with van der Waals surface area (Å²) >= 11 is 0. The molecule has 0 aromatic carbocycles. The Labute approximate surface area is 102 Å². The molecule has 1 aromatic heterocycles. The van der Waals surface area contributed by atoms with Crippen molar-refractivity contribution in [2.45, 2.75) is 27.2 Å². The number of aromatic nitrogens is 2. The van der Waals surface area contributed by atoms with Crippen molar-refractivity contribution in [3.8, 4) is 23.6 Å². The second-order valence-electron chi connectivity index (χ2n) is 3.19. The van der Waals surface area contributed by atoms with Crippen LogP contribution in [-0.2, 0) is 0 Å². The third-order valence-electron chi connectivity index (χ3n) is 1.88. The van der Waals surface area contributed by atoms with E-state index in [4.69, 9.17) is 9.47 Å². The van der Waals surface area contributed by atoms with E-state index in [0.29, 0.717) is 18.4 Å². The SMILES string of the molecule is CC=C(C)Oc1cc(OCC#CCC)ncn1. The van der Waals surface area contributed by atoms with Gasteiger partial charge in [-0.05, 0) is 19.9 Å². The molecule has 90 valence electrons. The molecule has 4 nitrogen and oxygen atoms in total. The first kappa shape index (κ1) is 13.0. The molecule has 0 aliphatic rings. The van der Waals surface area contributed by atoms with E-state index in [2.05, 4.69) is 21.8 Å². The molecule has 17 heavy (non-hydrogen) atoms. The van der Waals surface area contributed by atoms with Gasteiger partial charge < -0.3 is 9.47 Å². The first-order chi connectivity index (χ1) is 8.26. The van der Waals surface area contributed by atoms with E-state index in [1.807, 2.05) is 26.8 Å². The molecule has 1 aromatic rings. The van der Waals surface area contributed by atoms with Crippen LogP contribution in [0.25, 0.3) is 0 Å². The van der Waals surface area contributed by atoms with Gasteiger partial charge in [0.15, 0.2) is 6.61 Å². The topological polar surface area (TPSA) is 44.2 Å². The van der Waals surface area contributed by atoms with Crippen LogP contribution in [0, 0.1) is 11.8 Å². The van der Waals surface area contributed by atoms with E-state index in [1.165, 1.54) is 6.33 Å². The minimum Gasteiger partial charge on any atom is -0.464 e. The monoisotopic (exact) mass is 232 g/mol. The van der Waals surface area contributed by atoms with Crippen molar-refractivity contribution in [1.82, 2.24) is 9.97 Å². The summed E-state index contributed by atoms with van der Waals surface area (Å²) in [4.78, 5) is 7.95. The van der Waals surface area contributed by atoms with Crippen LogP contribution in [0.1, 0.15) is 27.2 Å². The summed E-state index contributed by atoms with van der Waals surface area (Å²) in [6, 6.07) is 1.64. The summed E-state index contributed by atoms with van der Waals surface area (Å²) in [5.74, 6) is 7.49. The number of hydrogen-bond donors (Lipinski definition) is 0. The van der Waals surface area contributed by atoms with E-state index < -0.39 is 0 Å². The molecule has 0 radical (unpaired) electrons. The van der Waals surface area contributed by atoms with Crippen molar-refractivity contribution in [2.75, 3.05) is 6.61 Å². The first-order valence-corrected chi connectivity index (χ1v) is 5.47. The lowest BCUT2D eigenvalue weighted by Gasteiger charge is -2.05. The van der Waals surface area contributed by atoms with Gasteiger partial charge in [-0.25, -0.2) is 9.97 Å². The Kier molecular flexibility index (Phi) is 5.59. The van der Waals surface area contributed by atoms with Crippen molar-refractivity contribution in [1.29, 1.82) is 0 Å². The Hall–Kier alpha value is -2.02. The average Bonchev–Trinajstić information content (AvgIpc) is 2.35. The Morgan fingerprint density at radius 2 is 2.12 bits per heavy atom. The van der Waals surface area contributed by atoms with Crippen LogP contribution >= 0.6 is 0 Å². The summed E-state index contributed by atoms with van der Waals surface area (Å²) in [6.07, 6.45) is 4.08. The highest BCUT2D eigenvalue weighted by atomic mass is 16.5. The summed E-state index contributed by atoms with van der Waals surface area (Å²) in [5, 5.41) is 0. The van der Waals surface area contributed by atoms with Crippen molar-refractivity contribution < 1.29 is 9.47 Å². The van der Waals surface area contributed by atoms with Gasteiger partial charge in [0.25, 0.3) is 0 Å². The summed E-state index contributed by atoms with van der Waals surface area (Å²) in [5.41, 5.74) is 0. The molecule has 0 saturated carbocycles. The largest absolute Gasteiger partial charge is 0.464 e. The molecule has 0 saturated heterocycles. The van der Waals surface area contributed by atoms with E-state index in [0.717, 1.165) is 12.2 Å². The molecule has 0 unspecified atom stereocenters. The second kappa shape index (κ2) is 7.29. The quantitative estimate of drug-likeness (QED) is 0.591. The highest BCUT2D eigenvalue weighted by Gasteiger charge is 2.00. The standard InChI is InChI=1S/C13H16N2O2/c1-4-6-7-8-16-12-9-13(15-10-14-12)17-11(3)5-2/h5,9-10H,4,8H2,1-3H3. The normalized spacial score (nSPS) is 10.4. The van der Waals surface area contributed by atoms with Crippen LogP contribution < -0.4 is 9.47 Å². The summed E-state index contributed by atoms with van der Waals surface area (Å²) in [7, 11) is 0. The van der Waals surface area contributed by atoms with Gasteiger partial charge in [0, 0.05) is 6.42 Å². The molecule has 4 heteroatoms. The Bertz CT molecular complexity index is 444. The molecule has 0 amide bonds. The van der Waals surface area contributed by atoms with Crippen LogP contribution in [0.4, 0.5) is 0 Å². The maximum atomic E-state index is 5.43. The second-order valence-corrected chi connectivity index (χ2v) is 3.19. The van der Waals surface area contributed by atoms with Crippen molar-refractivity contribution in [3.63, 3.8) is 0 Å². The van der Waals surface area contributed by atoms with Crippen molar-refractivity contribution >= 4 is 0 Å². The minimum absolute atomic E-state index is 0.326. The van der Waals surface area contributed by atoms with Gasteiger partial charge in [-0.3, -0.25) is 0 Å². The van der Waals surface area contributed by atoms with E-state index in [1.54, 1.807) is 6.07 Å². The summed E-state index contributed by atoms with van der Waals surface area (Å²) < 4.78 is 10.8. The van der Waals surface area contributed by atoms with Gasteiger partial charge in [-0.15, -0.1) is 5.92 Å². The zero-order valence-electron chi connectivity index (χ0n) is 10.4. The van der Waals surface area contributed by atoms with E-state index >= 15 is 0 Å². The lowest BCUT2D eigenvalue weighted by molar-refractivity contribution is 0.346. The molecular formula is C13H16N2O2. The smallest absolute Gasteiger partial charge is 0.225 e. The lowest BCUT2D eigenvalue weighted by atomic mass is 10.5. The highest BCUT2D eigenvalue weighted by molar-refractivity contribution is 5.20. The van der Waals surface area contributed by atoms with E-state index in [-0.39, 0.29) is 0 Å². The fourth-order valence-corrected chi connectivity index (χ4v) is 0.968. The number of ether oxygens (including phenoxy) is 2. The molecule has 1 rings (SSSR count). The van der Waals surface area contributed by atoms with Gasteiger partial charge in [0.05, 0.1) is 11.8 Å². The van der Waals surface area contributed by atoms with Crippen LogP contribution in [0.5, 0.6) is 11.8 Å². The molecule has 0 aliphatic carbocycles. The van der Waals surface area contributed by atoms with Gasteiger partial charge in [-0.2, -0.15) is 0 Å². The van der Waals surface area contributed by atoms with Gasteiger partial charge in [0.1, 0.15) is 6.33 Å².